The summed E-state index contributed by atoms with van der Waals surface area (Å²) in [6, 6.07) is 0. The zero-order valence-electron chi connectivity index (χ0n) is 12.4. The molecule has 2 saturated heterocycles. The molecule has 0 aromatic carbocycles. The van der Waals surface area contributed by atoms with Crippen LogP contribution >= 0.6 is 0 Å². The number of nitrogens with zero attached hydrogens (tertiary/aromatic N) is 2. The SMILES string of the molecule is CC(C)(C)C(=O)N1CC2(CCN(CC(F)(F)F)CC2)C1. The van der Waals surface area contributed by atoms with Crippen LogP contribution < -0.4 is 0 Å². The highest BCUT2D eigenvalue weighted by atomic mass is 19.4. The van der Waals surface area contributed by atoms with Gasteiger partial charge in [0.1, 0.15) is 0 Å². The van der Waals surface area contributed by atoms with E-state index in [1.165, 1.54) is 4.90 Å². The van der Waals surface area contributed by atoms with Crippen molar-refractivity contribution in [2.75, 3.05) is 32.7 Å². The van der Waals surface area contributed by atoms with Crippen LogP contribution in [0.3, 0.4) is 0 Å². The largest absolute Gasteiger partial charge is 0.401 e. The third-order valence-corrected chi connectivity index (χ3v) is 4.30. The number of halogens is 3. The van der Waals surface area contributed by atoms with Crippen LogP contribution in [0.15, 0.2) is 0 Å². The van der Waals surface area contributed by atoms with Gasteiger partial charge in [-0.25, -0.2) is 0 Å². The van der Waals surface area contributed by atoms with Gasteiger partial charge in [0.15, 0.2) is 0 Å². The third kappa shape index (κ3) is 3.45. The van der Waals surface area contributed by atoms with E-state index in [1.807, 2.05) is 25.7 Å². The maximum absolute atomic E-state index is 12.3. The fourth-order valence-electron chi connectivity index (χ4n) is 3.14. The molecule has 2 heterocycles. The van der Waals surface area contributed by atoms with E-state index in [2.05, 4.69) is 0 Å². The smallest absolute Gasteiger partial charge is 0.341 e. The number of carbonyl (C=O) groups excluding carboxylic acids is 1. The molecule has 2 rings (SSSR count). The highest BCUT2D eigenvalue weighted by Gasteiger charge is 2.49. The van der Waals surface area contributed by atoms with E-state index < -0.39 is 12.7 Å². The lowest BCUT2D eigenvalue weighted by molar-refractivity contribution is -0.163. The lowest BCUT2D eigenvalue weighted by atomic mass is 9.71. The number of carbonyl (C=O) groups is 1. The number of rotatable bonds is 1. The van der Waals surface area contributed by atoms with Crippen LogP contribution in [0.4, 0.5) is 13.2 Å². The molecular weight excluding hydrogens is 269 g/mol. The van der Waals surface area contributed by atoms with E-state index in [1.54, 1.807) is 0 Å². The van der Waals surface area contributed by atoms with Gasteiger partial charge >= 0.3 is 6.18 Å². The second kappa shape index (κ2) is 4.90. The number of hydrogen-bond donors (Lipinski definition) is 0. The van der Waals surface area contributed by atoms with Crippen molar-refractivity contribution in [2.45, 2.75) is 39.8 Å². The van der Waals surface area contributed by atoms with Gasteiger partial charge in [0.25, 0.3) is 0 Å². The molecule has 0 radical (unpaired) electrons. The lowest BCUT2D eigenvalue weighted by Gasteiger charge is -2.55. The summed E-state index contributed by atoms with van der Waals surface area (Å²) in [6.07, 6.45) is -2.59. The van der Waals surface area contributed by atoms with Crippen LogP contribution in [0.2, 0.25) is 0 Å². The van der Waals surface area contributed by atoms with Crippen LogP contribution in [0.25, 0.3) is 0 Å². The second-order valence-corrected chi connectivity index (χ2v) is 7.30. The Bertz CT molecular complexity index is 371. The van der Waals surface area contributed by atoms with Gasteiger partial charge in [-0.15, -0.1) is 0 Å². The number of hydrogen-bond acceptors (Lipinski definition) is 2. The first kappa shape index (κ1) is 15.6. The molecule has 0 bridgehead atoms. The van der Waals surface area contributed by atoms with Gasteiger partial charge in [-0.3, -0.25) is 9.69 Å². The van der Waals surface area contributed by atoms with Crippen molar-refractivity contribution in [3.63, 3.8) is 0 Å². The van der Waals surface area contributed by atoms with Gasteiger partial charge in [-0.05, 0) is 25.9 Å². The summed E-state index contributed by atoms with van der Waals surface area (Å²) >= 11 is 0. The molecule has 1 spiro atoms. The van der Waals surface area contributed by atoms with Crippen molar-refractivity contribution in [3.05, 3.63) is 0 Å². The molecule has 0 aromatic rings. The first-order chi connectivity index (χ1) is 9.01. The Morgan fingerprint density at radius 2 is 1.60 bits per heavy atom. The predicted octanol–water partition coefficient (Wildman–Crippen LogP) is 2.52. The van der Waals surface area contributed by atoms with Crippen molar-refractivity contribution in [1.29, 1.82) is 0 Å². The standard InChI is InChI=1S/C14H23F3N2O/c1-12(2,3)11(20)19-8-13(9-19)4-6-18(7-5-13)10-14(15,16)17/h4-10H2,1-3H3. The van der Waals surface area contributed by atoms with Crippen LogP contribution in [0.5, 0.6) is 0 Å². The van der Waals surface area contributed by atoms with E-state index in [4.69, 9.17) is 0 Å². The maximum Gasteiger partial charge on any atom is 0.401 e. The Kier molecular flexibility index (Phi) is 3.82. The fraction of sp³-hybridized carbons (Fsp3) is 0.929. The van der Waals surface area contributed by atoms with Gasteiger partial charge < -0.3 is 4.90 Å². The van der Waals surface area contributed by atoms with Gasteiger partial charge in [0, 0.05) is 23.9 Å². The maximum atomic E-state index is 12.3. The summed E-state index contributed by atoms with van der Waals surface area (Å²) in [5.74, 6) is 0.140. The quantitative estimate of drug-likeness (QED) is 0.741. The Hall–Kier alpha value is -0.780. The Balaban J connectivity index is 1.80. The first-order valence-corrected chi connectivity index (χ1v) is 7.09. The summed E-state index contributed by atoms with van der Waals surface area (Å²) in [4.78, 5) is 15.4. The predicted molar refractivity (Wildman–Crippen MR) is 70.2 cm³/mol. The molecule has 0 N–H and O–H groups in total. The van der Waals surface area contributed by atoms with Gasteiger partial charge in [0.2, 0.25) is 5.91 Å². The Morgan fingerprint density at radius 1 is 1.10 bits per heavy atom. The molecule has 6 heteroatoms. The minimum absolute atomic E-state index is 0.0724. The van der Waals surface area contributed by atoms with Crippen LogP contribution in [0, 0.1) is 10.8 Å². The molecular formula is C14H23F3N2O. The summed E-state index contributed by atoms with van der Waals surface area (Å²) in [6.45, 7) is 7.26. The molecule has 0 unspecified atom stereocenters. The zero-order chi connectivity index (χ0) is 15.2. The normalized spacial score (nSPS) is 23.8. The molecule has 116 valence electrons. The van der Waals surface area contributed by atoms with E-state index in [0.717, 1.165) is 12.8 Å². The Morgan fingerprint density at radius 3 is 2.00 bits per heavy atom. The van der Waals surface area contributed by atoms with Crippen molar-refractivity contribution < 1.29 is 18.0 Å². The molecule has 0 atom stereocenters. The second-order valence-electron chi connectivity index (χ2n) is 7.30. The topological polar surface area (TPSA) is 23.6 Å². The molecule has 2 fully saturated rings. The van der Waals surface area contributed by atoms with Crippen LogP contribution in [-0.4, -0.2) is 54.6 Å². The molecule has 1 amide bonds. The Labute approximate surface area is 118 Å². The summed E-state index contributed by atoms with van der Waals surface area (Å²) in [7, 11) is 0. The third-order valence-electron chi connectivity index (χ3n) is 4.30. The average molecular weight is 292 g/mol. The molecule has 0 aromatic heterocycles. The number of likely N-dealkylation sites (tertiary alicyclic amines) is 2. The van der Waals surface area contributed by atoms with Crippen LogP contribution in [0.1, 0.15) is 33.6 Å². The summed E-state index contributed by atoms with van der Waals surface area (Å²) < 4.78 is 37.0. The molecule has 20 heavy (non-hydrogen) atoms. The highest BCUT2D eigenvalue weighted by Crippen LogP contribution is 2.42. The average Bonchev–Trinajstić information content (AvgIpc) is 2.23. The summed E-state index contributed by atoms with van der Waals surface area (Å²) in [5, 5.41) is 0. The monoisotopic (exact) mass is 292 g/mol. The minimum atomic E-state index is -4.11. The molecule has 0 aliphatic carbocycles. The lowest BCUT2D eigenvalue weighted by Crippen LogP contribution is -2.63. The van der Waals surface area contributed by atoms with Crippen molar-refractivity contribution in [3.8, 4) is 0 Å². The van der Waals surface area contributed by atoms with Gasteiger partial charge in [0.05, 0.1) is 6.54 Å². The van der Waals surface area contributed by atoms with Crippen LogP contribution in [-0.2, 0) is 4.79 Å². The van der Waals surface area contributed by atoms with Crippen molar-refractivity contribution in [2.24, 2.45) is 10.8 Å². The number of amides is 1. The molecule has 2 aliphatic rings. The molecule has 2 aliphatic heterocycles. The van der Waals surface area contributed by atoms with E-state index in [9.17, 15) is 18.0 Å². The fourth-order valence-corrected chi connectivity index (χ4v) is 3.14. The molecule has 0 saturated carbocycles. The molecule has 3 nitrogen and oxygen atoms in total. The minimum Gasteiger partial charge on any atom is -0.341 e. The van der Waals surface area contributed by atoms with Crippen molar-refractivity contribution >= 4 is 5.91 Å². The van der Waals surface area contributed by atoms with Gasteiger partial charge in [-0.1, -0.05) is 20.8 Å². The van der Waals surface area contributed by atoms with E-state index in [-0.39, 0.29) is 16.7 Å². The number of alkyl halides is 3. The highest BCUT2D eigenvalue weighted by molar-refractivity contribution is 5.82. The van der Waals surface area contributed by atoms with E-state index in [0.29, 0.717) is 26.2 Å². The van der Waals surface area contributed by atoms with Crippen molar-refractivity contribution in [1.82, 2.24) is 9.80 Å². The zero-order valence-corrected chi connectivity index (χ0v) is 12.4. The number of piperidine rings is 1. The van der Waals surface area contributed by atoms with Gasteiger partial charge in [-0.2, -0.15) is 13.2 Å². The summed E-state index contributed by atoms with van der Waals surface area (Å²) in [5.41, 5.74) is -0.304. The first-order valence-electron chi connectivity index (χ1n) is 7.09. The van der Waals surface area contributed by atoms with E-state index >= 15 is 0 Å².